The van der Waals surface area contributed by atoms with Gasteiger partial charge in [-0.1, -0.05) is 18.2 Å². The van der Waals surface area contributed by atoms with E-state index < -0.39 is 19.9 Å². The molecule has 1 aliphatic rings. The minimum Gasteiger partial charge on any atom is -0.339 e. The lowest BCUT2D eigenvalue weighted by atomic mass is 10.2. The molecule has 1 amide bonds. The molecule has 2 rings (SSSR count). The van der Waals surface area contributed by atoms with Crippen LogP contribution in [-0.4, -0.2) is 64.5 Å². The number of hydrogen-bond acceptors (Lipinski definition) is 5. The summed E-state index contributed by atoms with van der Waals surface area (Å²) in [7, 11) is -5.27. The van der Waals surface area contributed by atoms with E-state index in [-0.39, 0.29) is 35.6 Å². The van der Waals surface area contributed by atoms with Crippen LogP contribution in [0, 0.1) is 0 Å². The predicted molar refractivity (Wildman–Crippen MR) is 97.7 cm³/mol. The quantitative estimate of drug-likeness (QED) is 0.691. The third kappa shape index (κ3) is 4.94. The van der Waals surface area contributed by atoms with Gasteiger partial charge in [0.25, 0.3) is 0 Å². The molecule has 0 spiro atoms. The normalized spacial score (nSPS) is 19.5. The number of amides is 1. The average Bonchev–Trinajstić information content (AvgIpc) is 2.93. The first kappa shape index (κ1) is 19.7. The van der Waals surface area contributed by atoms with Crippen LogP contribution in [0.2, 0.25) is 0 Å². The maximum absolute atomic E-state index is 12.4. The summed E-state index contributed by atoms with van der Waals surface area (Å²) in [5.41, 5.74) is 0.532. The summed E-state index contributed by atoms with van der Waals surface area (Å²) in [6, 6.07) is 8.29. The van der Waals surface area contributed by atoms with Gasteiger partial charge >= 0.3 is 0 Å². The Bertz CT molecular complexity index is 806. The molecule has 0 aliphatic carbocycles. The zero-order valence-corrected chi connectivity index (χ0v) is 16.1. The highest BCUT2D eigenvalue weighted by Gasteiger charge is 2.34. The summed E-state index contributed by atoms with van der Waals surface area (Å²) >= 11 is 0. The van der Waals surface area contributed by atoms with Crippen LogP contribution in [0.1, 0.15) is 19.8 Å². The Labute approximate surface area is 149 Å². The first-order valence-electron chi connectivity index (χ1n) is 8.18. The Morgan fingerprint density at radius 2 is 1.88 bits per heavy atom. The van der Waals surface area contributed by atoms with Crippen molar-refractivity contribution < 1.29 is 21.6 Å². The first-order valence-corrected chi connectivity index (χ1v) is 11.6. The number of hydrogen-bond donors (Lipinski definition) is 0. The van der Waals surface area contributed by atoms with Crippen LogP contribution in [0.15, 0.2) is 30.3 Å². The van der Waals surface area contributed by atoms with E-state index in [9.17, 15) is 21.6 Å². The molecule has 1 unspecified atom stereocenters. The Kier molecular flexibility index (Phi) is 6.10. The molecule has 1 saturated heterocycles. The maximum Gasteiger partial charge on any atom is 0.235 e. The zero-order chi connectivity index (χ0) is 18.7. The molecule has 1 fully saturated rings. The number of carbonyl (C=O) groups is 1. The summed E-state index contributed by atoms with van der Waals surface area (Å²) < 4.78 is 49.2. The van der Waals surface area contributed by atoms with Gasteiger partial charge in [-0.05, 0) is 25.5 Å². The molecule has 0 aromatic heterocycles. The van der Waals surface area contributed by atoms with Crippen molar-refractivity contribution in [3.8, 4) is 0 Å². The molecule has 9 heteroatoms. The number of anilines is 1. The Morgan fingerprint density at radius 3 is 2.40 bits per heavy atom. The fourth-order valence-electron chi connectivity index (χ4n) is 2.95. The highest BCUT2D eigenvalue weighted by molar-refractivity contribution is 7.92. The SMILES string of the molecule is CCN(C(=O)CCS(=O)(=O)N(C)c1ccccc1)C1CCS(=O)(=O)C1. The smallest absolute Gasteiger partial charge is 0.235 e. The topological polar surface area (TPSA) is 91.8 Å². The highest BCUT2D eigenvalue weighted by Crippen LogP contribution is 2.20. The fraction of sp³-hybridized carbons (Fsp3) is 0.562. The summed E-state index contributed by atoms with van der Waals surface area (Å²) in [4.78, 5) is 13.9. The number of sulfonamides is 1. The van der Waals surface area contributed by atoms with E-state index in [1.165, 1.54) is 11.9 Å². The van der Waals surface area contributed by atoms with Gasteiger partial charge in [0, 0.05) is 26.1 Å². The van der Waals surface area contributed by atoms with Crippen molar-refractivity contribution in [1.82, 2.24) is 4.90 Å². The fourth-order valence-corrected chi connectivity index (χ4v) is 5.83. The minimum atomic E-state index is -3.63. The van der Waals surface area contributed by atoms with E-state index in [1.54, 1.807) is 37.3 Å². The Hall–Kier alpha value is -1.61. The van der Waals surface area contributed by atoms with Crippen molar-refractivity contribution in [2.75, 3.05) is 35.2 Å². The van der Waals surface area contributed by atoms with Gasteiger partial charge < -0.3 is 4.90 Å². The zero-order valence-electron chi connectivity index (χ0n) is 14.5. The second-order valence-electron chi connectivity index (χ2n) is 6.11. The van der Waals surface area contributed by atoms with Gasteiger partial charge in [-0.2, -0.15) is 0 Å². The van der Waals surface area contributed by atoms with Gasteiger partial charge in [0.1, 0.15) is 0 Å². The summed E-state index contributed by atoms with van der Waals surface area (Å²) in [5.74, 6) is -0.595. The molecule has 0 saturated carbocycles. The molecular formula is C16H24N2O5S2. The van der Waals surface area contributed by atoms with E-state index in [0.29, 0.717) is 18.7 Å². The lowest BCUT2D eigenvalue weighted by Gasteiger charge is -2.27. The second kappa shape index (κ2) is 7.74. The Balaban J connectivity index is 2.00. The van der Waals surface area contributed by atoms with Gasteiger partial charge in [-0.15, -0.1) is 0 Å². The largest absolute Gasteiger partial charge is 0.339 e. The lowest BCUT2D eigenvalue weighted by Crippen LogP contribution is -2.42. The molecule has 7 nitrogen and oxygen atoms in total. The number of para-hydroxylation sites is 1. The number of rotatable bonds is 7. The number of nitrogens with zero attached hydrogens (tertiary/aromatic N) is 2. The van der Waals surface area contributed by atoms with E-state index in [0.717, 1.165) is 4.31 Å². The van der Waals surface area contributed by atoms with Gasteiger partial charge in [-0.25, -0.2) is 16.8 Å². The molecule has 1 aromatic carbocycles. The molecule has 25 heavy (non-hydrogen) atoms. The highest BCUT2D eigenvalue weighted by atomic mass is 32.2. The van der Waals surface area contributed by atoms with E-state index in [1.807, 2.05) is 0 Å². The monoisotopic (exact) mass is 388 g/mol. The van der Waals surface area contributed by atoms with Crippen molar-refractivity contribution >= 4 is 31.5 Å². The molecule has 140 valence electrons. The summed E-state index contributed by atoms with van der Waals surface area (Å²) in [6.45, 7) is 2.14. The van der Waals surface area contributed by atoms with Gasteiger partial charge in [-0.3, -0.25) is 9.10 Å². The number of benzene rings is 1. The average molecular weight is 389 g/mol. The van der Waals surface area contributed by atoms with Crippen molar-refractivity contribution in [2.24, 2.45) is 0 Å². The van der Waals surface area contributed by atoms with Crippen LogP contribution in [0.5, 0.6) is 0 Å². The molecule has 0 bridgehead atoms. The van der Waals surface area contributed by atoms with Crippen LogP contribution in [0.25, 0.3) is 0 Å². The summed E-state index contributed by atoms with van der Waals surface area (Å²) in [6.07, 6.45) is 0.252. The molecule has 1 aliphatic heterocycles. The molecule has 0 radical (unpaired) electrons. The molecular weight excluding hydrogens is 364 g/mol. The number of sulfone groups is 1. The first-order chi connectivity index (χ1) is 11.7. The molecule has 1 aromatic rings. The van der Waals surface area contributed by atoms with Gasteiger partial charge in [0.05, 0.1) is 22.9 Å². The third-order valence-corrected chi connectivity index (χ3v) is 7.94. The van der Waals surface area contributed by atoms with E-state index in [4.69, 9.17) is 0 Å². The standard InChI is InChI=1S/C16H24N2O5S2/c1-3-18(15-9-11-24(20,21)13-15)16(19)10-12-25(22,23)17(2)14-7-5-4-6-8-14/h4-8,15H,3,9-13H2,1-2H3. The summed E-state index contributed by atoms with van der Waals surface area (Å²) in [5, 5.41) is 0. The number of carbonyl (C=O) groups excluding carboxylic acids is 1. The van der Waals surface area contributed by atoms with Crippen molar-refractivity contribution in [1.29, 1.82) is 0 Å². The minimum absolute atomic E-state index is 0.0384. The maximum atomic E-state index is 12.4. The molecule has 1 atom stereocenters. The van der Waals surface area contributed by atoms with E-state index >= 15 is 0 Å². The Morgan fingerprint density at radius 1 is 1.24 bits per heavy atom. The van der Waals surface area contributed by atoms with Gasteiger partial charge in [0.2, 0.25) is 15.9 Å². The van der Waals surface area contributed by atoms with Crippen molar-refractivity contribution in [3.05, 3.63) is 30.3 Å². The van der Waals surface area contributed by atoms with Gasteiger partial charge in [0.15, 0.2) is 9.84 Å². The van der Waals surface area contributed by atoms with Crippen LogP contribution in [-0.2, 0) is 24.7 Å². The predicted octanol–water partition coefficient (Wildman–Crippen LogP) is 0.878. The van der Waals surface area contributed by atoms with Crippen molar-refractivity contribution in [2.45, 2.75) is 25.8 Å². The van der Waals surface area contributed by atoms with Crippen LogP contribution >= 0.6 is 0 Å². The van der Waals surface area contributed by atoms with Crippen LogP contribution < -0.4 is 4.31 Å². The van der Waals surface area contributed by atoms with Crippen LogP contribution in [0.4, 0.5) is 5.69 Å². The lowest BCUT2D eigenvalue weighted by molar-refractivity contribution is -0.132. The second-order valence-corrected chi connectivity index (χ2v) is 10.5. The van der Waals surface area contributed by atoms with Crippen molar-refractivity contribution in [3.63, 3.8) is 0 Å². The van der Waals surface area contributed by atoms with Crippen LogP contribution in [0.3, 0.4) is 0 Å². The third-order valence-electron chi connectivity index (χ3n) is 4.42. The molecule has 0 N–H and O–H groups in total. The van der Waals surface area contributed by atoms with E-state index in [2.05, 4.69) is 0 Å². The molecule has 1 heterocycles.